The highest BCUT2D eigenvalue weighted by atomic mass is 33.1. The Hall–Kier alpha value is 1.45. The van der Waals surface area contributed by atoms with Crippen molar-refractivity contribution in [1.82, 2.24) is 9.80 Å². The Balaban J connectivity index is 1.37. The standard InChI is InChI=1S/C14H24N2O2S7/c19-13(15-1-5-17-6-2-15)24-22-11-9-21-10-12-23-25-14(20)16-3-7-18-8-4-16/h1-12H2. The molecule has 0 bridgehead atoms. The van der Waals surface area contributed by atoms with Gasteiger partial charge in [0.25, 0.3) is 0 Å². The van der Waals surface area contributed by atoms with Gasteiger partial charge in [0.1, 0.15) is 8.64 Å². The first-order chi connectivity index (χ1) is 12.3. The zero-order valence-electron chi connectivity index (χ0n) is 14.1. The number of rotatable bonds is 8. The maximum Gasteiger partial charge on any atom is 0.147 e. The van der Waals surface area contributed by atoms with Crippen molar-refractivity contribution in [2.75, 3.05) is 75.6 Å². The van der Waals surface area contributed by atoms with Crippen LogP contribution < -0.4 is 0 Å². The minimum atomic E-state index is 0.797. The van der Waals surface area contributed by atoms with Gasteiger partial charge >= 0.3 is 0 Å². The van der Waals surface area contributed by atoms with E-state index in [-0.39, 0.29) is 0 Å². The van der Waals surface area contributed by atoms with Crippen molar-refractivity contribution >= 4 is 88.0 Å². The van der Waals surface area contributed by atoms with E-state index in [1.54, 1.807) is 21.6 Å². The lowest BCUT2D eigenvalue weighted by molar-refractivity contribution is 0.0702. The molecule has 2 rings (SSSR count). The van der Waals surface area contributed by atoms with E-state index in [2.05, 4.69) is 9.80 Å². The Morgan fingerprint density at radius 2 is 1.08 bits per heavy atom. The molecule has 0 aromatic rings. The molecule has 2 aliphatic heterocycles. The van der Waals surface area contributed by atoms with E-state index in [9.17, 15) is 0 Å². The van der Waals surface area contributed by atoms with Gasteiger partial charge in [0.05, 0.1) is 26.4 Å². The van der Waals surface area contributed by atoms with Gasteiger partial charge in [0, 0.05) is 49.2 Å². The highest BCUT2D eigenvalue weighted by Crippen LogP contribution is 2.28. The van der Waals surface area contributed by atoms with Gasteiger partial charge in [-0.15, -0.1) is 0 Å². The topological polar surface area (TPSA) is 24.9 Å². The molecule has 2 saturated heterocycles. The van der Waals surface area contributed by atoms with E-state index in [0.29, 0.717) is 0 Å². The van der Waals surface area contributed by atoms with Gasteiger partial charge in [-0.05, 0) is 21.6 Å². The molecule has 0 aromatic carbocycles. The third-order valence-electron chi connectivity index (χ3n) is 3.42. The van der Waals surface area contributed by atoms with Crippen LogP contribution >= 0.6 is 79.4 Å². The zero-order chi connectivity index (χ0) is 17.7. The predicted molar refractivity (Wildman–Crippen MR) is 127 cm³/mol. The Kier molecular flexibility index (Phi) is 13.1. The first-order valence-electron chi connectivity index (χ1n) is 8.17. The minimum absolute atomic E-state index is 0.797. The first kappa shape index (κ1) is 22.7. The smallest absolute Gasteiger partial charge is 0.147 e. The van der Waals surface area contributed by atoms with Crippen molar-refractivity contribution in [2.24, 2.45) is 0 Å². The second-order valence-electron chi connectivity index (χ2n) is 5.15. The van der Waals surface area contributed by atoms with Crippen LogP contribution in [0.25, 0.3) is 0 Å². The molecule has 0 radical (unpaired) electrons. The average Bonchev–Trinajstić information content (AvgIpc) is 2.67. The molecule has 0 spiro atoms. The number of nitrogens with zero attached hydrogens (tertiary/aromatic N) is 2. The summed E-state index contributed by atoms with van der Waals surface area (Å²) in [5.74, 6) is 4.60. The van der Waals surface area contributed by atoms with Crippen molar-refractivity contribution in [3.63, 3.8) is 0 Å². The van der Waals surface area contributed by atoms with E-state index in [1.807, 2.05) is 33.3 Å². The molecular weight excluding hydrogens is 453 g/mol. The fraction of sp³-hybridized carbons (Fsp3) is 0.857. The lowest BCUT2D eigenvalue weighted by Crippen LogP contribution is -2.38. The summed E-state index contributed by atoms with van der Waals surface area (Å²) >= 11 is 12.9. The molecule has 0 atom stereocenters. The normalized spacial score (nSPS) is 18.4. The molecule has 0 amide bonds. The highest BCUT2D eigenvalue weighted by Gasteiger charge is 2.15. The van der Waals surface area contributed by atoms with Crippen LogP contribution in [0.5, 0.6) is 0 Å². The van der Waals surface area contributed by atoms with E-state index in [4.69, 9.17) is 33.9 Å². The fourth-order valence-corrected chi connectivity index (χ4v) is 8.90. The molecule has 0 unspecified atom stereocenters. The van der Waals surface area contributed by atoms with Crippen molar-refractivity contribution in [3.8, 4) is 0 Å². The number of thiocarbonyl (C=S) groups is 2. The summed E-state index contributed by atoms with van der Waals surface area (Å²) < 4.78 is 12.7. The number of thioether (sulfide) groups is 1. The van der Waals surface area contributed by atoms with Gasteiger partial charge in [-0.1, -0.05) is 46.0 Å². The molecule has 11 heteroatoms. The second kappa shape index (κ2) is 14.4. The molecule has 0 saturated carbocycles. The van der Waals surface area contributed by atoms with E-state index >= 15 is 0 Å². The summed E-state index contributed by atoms with van der Waals surface area (Å²) in [6, 6.07) is 0. The monoisotopic (exact) mass is 476 g/mol. The van der Waals surface area contributed by atoms with Gasteiger partial charge in [0.15, 0.2) is 0 Å². The number of ether oxygens (including phenoxy) is 2. The summed E-state index contributed by atoms with van der Waals surface area (Å²) in [6.45, 7) is 6.92. The third-order valence-corrected chi connectivity index (χ3v) is 11.0. The molecular formula is C14H24N2O2S7. The summed E-state index contributed by atoms with van der Waals surface area (Å²) in [4.78, 5) is 4.49. The van der Waals surface area contributed by atoms with Crippen LogP contribution in [0.4, 0.5) is 0 Å². The molecule has 4 nitrogen and oxygen atoms in total. The quantitative estimate of drug-likeness (QED) is 0.291. The van der Waals surface area contributed by atoms with Crippen LogP contribution in [0.2, 0.25) is 0 Å². The van der Waals surface area contributed by atoms with Crippen LogP contribution in [0.1, 0.15) is 0 Å². The first-order valence-corrected chi connectivity index (χ1v) is 14.8. The SMILES string of the molecule is S=C(SSCCSCCSSC(=S)N1CCOCC1)N1CCOCC1. The van der Waals surface area contributed by atoms with Gasteiger partial charge in [-0.3, -0.25) is 0 Å². The predicted octanol–water partition coefficient (Wildman–Crippen LogP) is 3.72. The van der Waals surface area contributed by atoms with Crippen molar-refractivity contribution in [1.29, 1.82) is 0 Å². The van der Waals surface area contributed by atoms with Crippen LogP contribution in [0.3, 0.4) is 0 Å². The summed E-state index contributed by atoms with van der Waals surface area (Å²) in [5, 5.41) is 0. The van der Waals surface area contributed by atoms with Crippen LogP contribution in [-0.2, 0) is 9.47 Å². The largest absolute Gasteiger partial charge is 0.378 e. The lowest BCUT2D eigenvalue weighted by Gasteiger charge is -2.28. The van der Waals surface area contributed by atoms with E-state index < -0.39 is 0 Å². The van der Waals surface area contributed by atoms with Crippen molar-refractivity contribution < 1.29 is 9.47 Å². The van der Waals surface area contributed by atoms with Gasteiger partial charge < -0.3 is 19.3 Å². The zero-order valence-corrected chi connectivity index (χ0v) is 19.8. The molecule has 2 heterocycles. The van der Waals surface area contributed by atoms with E-state index in [0.717, 1.165) is 72.8 Å². The molecule has 0 N–H and O–H groups in total. The summed E-state index contributed by atoms with van der Waals surface area (Å²) in [7, 11) is 7.19. The molecule has 144 valence electrons. The van der Waals surface area contributed by atoms with Crippen LogP contribution in [-0.4, -0.2) is 94.1 Å². The minimum Gasteiger partial charge on any atom is -0.378 e. The fourth-order valence-electron chi connectivity index (χ4n) is 2.07. The van der Waals surface area contributed by atoms with Crippen molar-refractivity contribution in [2.45, 2.75) is 0 Å². The van der Waals surface area contributed by atoms with Crippen molar-refractivity contribution in [3.05, 3.63) is 0 Å². The summed E-state index contributed by atoms with van der Waals surface area (Å²) in [6.07, 6.45) is 0. The molecule has 25 heavy (non-hydrogen) atoms. The van der Waals surface area contributed by atoms with Gasteiger partial charge in [-0.2, -0.15) is 11.8 Å². The van der Waals surface area contributed by atoms with Crippen LogP contribution in [0.15, 0.2) is 0 Å². The second-order valence-corrected chi connectivity index (χ2v) is 12.5. The molecule has 0 aromatic heterocycles. The molecule has 2 aliphatic rings. The maximum absolute atomic E-state index is 5.46. The Morgan fingerprint density at radius 3 is 1.48 bits per heavy atom. The average molecular weight is 477 g/mol. The Labute approximate surface area is 181 Å². The van der Waals surface area contributed by atoms with Gasteiger partial charge in [0.2, 0.25) is 0 Å². The maximum atomic E-state index is 5.46. The lowest BCUT2D eigenvalue weighted by atomic mass is 10.5. The Morgan fingerprint density at radius 1 is 0.680 bits per heavy atom. The van der Waals surface area contributed by atoms with E-state index in [1.165, 1.54) is 11.5 Å². The van der Waals surface area contributed by atoms with Crippen LogP contribution in [0, 0.1) is 0 Å². The Bertz CT molecular complexity index is 369. The molecule has 2 fully saturated rings. The number of hydrogen-bond acceptors (Lipinski definition) is 9. The van der Waals surface area contributed by atoms with Gasteiger partial charge in [-0.25, -0.2) is 0 Å². The number of morpholine rings is 2. The highest BCUT2D eigenvalue weighted by molar-refractivity contribution is 8.84. The third kappa shape index (κ3) is 9.98. The molecule has 0 aliphatic carbocycles. The summed E-state index contributed by atoms with van der Waals surface area (Å²) in [5.41, 5.74) is 0. The number of hydrogen-bond donors (Lipinski definition) is 0.